The quantitative estimate of drug-likeness (QED) is 0.0165. The molecule has 2 amide bonds. The first-order valence-corrected chi connectivity index (χ1v) is 34.7. The van der Waals surface area contributed by atoms with Crippen molar-refractivity contribution in [2.24, 2.45) is 29.4 Å². The zero-order chi connectivity index (χ0) is 69.4. The molecule has 538 valence electrons. The Labute approximate surface area is 601 Å². The number of likely N-dealkylation sites (tertiary alicyclic amines) is 3. The summed E-state index contributed by atoms with van der Waals surface area (Å²) in [5.41, 5.74) is 11.2. The molecule has 12 rings (SSSR count). The molecule has 0 aromatic heterocycles. The van der Waals surface area contributed by atoms with Crippen LogP contribution in [-0.4, -0.2) is 137 Å². The molecule has 14 atom stereocenters. The van der Waals surface area contributed by atoms with Gasteiger partial charge in [0.1, 0.15) is 31.3 Å². The zero-order valence-electron chi connectivity index (χ0n) is 58.4. The van der Waals surface area contributed by atoms with Crippen LogP contribution in [0.3, 0.4) is 0 Å². The van der Waals surface area contributed by atoms with Gasteiger partial charge in [-0.25, -0.2) is 19.2 Å². The predicted molar refractivity (Wildman–Crippen MR) is 377 cm³/mol. The average Bonchev–Trinajstić information content (AvgIpc) is 1.62. The molecule has 97 heavy (non-hydrogen) atoms. The Morgan fingerprint density at radius 2 is 1.01 bits per heavy atom. The fraction of sp³-hybridized carbons (Fsp3) is 0.526. The van der Waals surface area contributed by atoms with Crippen LogP contribution in [0.15, 0.2) is 146 Å². The van der Waals surface area contributed by atoms with Gasteiger partial charge in [0.2, 0.25) is 6.29 Å². The number of ether oxygens (including phenoxy) is 6. The normalized spacial score (nSPS) is 24.5. The number of nitrogens with one attached hydrogen (secondary N) is 1. The van der Waals surface area contributed by atoms with Crippen LogP contribution in [0.1, 0.15) is 161 Å². The summed E-state index contributed by atoms with van der Waals surface area (Å²) >= 11 is 9.53. The molecule has 4 saturated heterocycles. The van der Waals surface area contributed by atoms with Gasteiger partial charge in [-0.1, -0.05) is 139 Å². The molecule has 3 saturated carbocycles. The van der Waals surface area contributed by atoms with E-state index >= 15 is 0 Å². The molecule has 4 aliphatic heterocycles. The summed E-state index contributed by atoms with van der Waals surface area (Å²) in [6.45, 7) is 23.1. The van der Waals surface area contributed by atoms with Crippen LogP contribution in [0.4, 0.5) is 9.59 Å². The fourth-order valence-corrected chi connectivity index (χ4v) is 13.8. The van der Waals surface area contributed by atoms with Gasteiger partial charge in [-0.3, -0.25) is 24.2 Å². The monoisotopic (exact) mass is 1470 g/mol. The number of nitrogens with two attached hydrogens (primary N) is 1. The molecule has 8 bridgehead atoms. The third kappa shape index (κ3) is 26.3. The molecule has 0 radical (unpaired) electrons. The number of aldehydes is 1. The van der Waals surface area contributed by atoms with Gasteiger partial charge in [-0.15, -0.1) is 29.8 Å². The second-order valence-electron chi connectivity index (χ2n) is 24.9. The number of alkyl halides is 2. The fourth-order valence-electron chi connectivity index (χ4n) is 13.8. The molecule has 4 aromatic rings. The Kier molecular flexibility index (Phi) is 39.6. The van der Waals surface area contributed by atoms with Gasteiger partial charge in [-0.2, -0.15) is 0 Å². The van der Waals surface area contributed by atoms with Gasteiger partial charge in [0.25, 0.3) is 0 Å². The van der Waals surface area contributed by atoms with Crippen LogP contribution in [0, 0.1) is 31.1 Å². The Morgan fingerprint density at radius 1 is 0.577 bits per heavy atom. The second-order valence-corrected chi connectivity index (χ2v) is 25.7. The van der Waals surface area contributed by atoms with E-state index in [1.807, 2.05) is 137 Å². The number of benzene rings is 4. The summed E-state index contributed by atoms with van der Waals surface area (Å²) < 4.78 is 30.4. The number of halogens is 2. The Hall–Kier alpha value is -6.43. The van der Waals surface area contributed by atoms with Crippen molar-refractivity contribution in [1.82, 2.24) is 20.0 Å². The molecule has 7 fully saturated rings. The van der Waals surface area contributed by atoms with Crippen LogP contribution in [0.2, 0.25) is 0 Å². The summed E-state index contributed by atoms with van der Waals surface area (Å²) in [5.74, 6) is 0.539. The van der Waals surface area contributed by atoms with Crippen molar-refractivity contribution in [1.29, 1.82) is 0 Å². The minimum Gasteiger partial charge on any atom is -0.465 e. The van der Waals surface area contributed by atoms with Crippen LogP contribution in [-0.2, 0) is 86.0 Å². The van der Waals surface area contributed by atoms with E-state index in [9.17, 15) is 33.6 Å². The number of carbonyl (C=O) groups is 7. The molecular formula is C76H106Cl2N5O13Pd-. The maximum absolute atomic E-state index is 12.4. The first-order valence-electron chi connectivity index (χ1n) is 33.7. The zero-order valence-corrected chi connectivity index (χ0v) is 61.5. The summed E-state index contributed by atoms with van der Waals surface area (Å²) in [4.78, 5) is 85.5. The van der Waals surface area contributed by atoms with E-state index in [1.165, 1.54) is 48.8 Å². The number of piperidine rings is 3. The topological polar surface area (TPSA) is 223 Å². The Morgan fingerprint density at radius 3 is 1.43 bits per heavy atom. The van der Waals surface area contributed by atoms with E-state index < -0.39 is 18.1 Å². The van der Waals surface area contributed by atoms with Crippen molar-refractivity contribution >= 4 is 65.6 Å². The van der Waals surface area contributed by atoms with Crippen LogP contribution < -0.4 is 11.1 Å². The van der Waals surface area contributed by atoms with E-state index in [4.69, 9.17) is 52.6 Å². The predicted octanol–water partition coefficient (Wildman–Crippen LogP) is 14.5. The minimum atomic E-state index is -0.803. The summed E-state index contributed by atoms with van der Waals surface area (Å²) in [5, 5.41) is 3.49. The SMILES string of the molecule is C=C(C)C.CCOC(=O)C=O.CCOC(=O)[C@@H]1[C@H]2C=C[C@H](C2)N1[C@@H](C)c1ccccc1.CCOC(=O)[C@H]1N[C@@H]2CC[C@H]1C2.CCOC(=O)[C@H]1[C@H]2CC[C@H](C2)N1C(=O)OCc1ccccc1.C[C@@H](N)c1ccccc1.C[C@@H]1[C@H]2CC[C@H](C2)N1C(=O)OCc1ccccc1.ClCCl.[CH3-].[Pd]. The third-order valence-corrected chi connectivity index (χ3v) is 18.0. The van der Waals surface area contributed by atoms with Crippen molar-refractivity contribution in [3.63, 3.8) is 0 Å². The molecule has 0 spiro atoms. The number of carbonyl (C=O) groups excluding carboxylic acids is 7. The largest absolute Gasteiger partial charge is 0.465 e. The van der Waals surface area contributed by atoms with Crippen molar-refractivity contribution in [2.45, 2.75) is 200 Å². The van der Waals surface area contributed by atoms with E-state index in [2.05, 4.69) is 71.8 Å². The number of hydrogen-bond donors (Lipinski definition) is 2. The van der Waals surface area contributed by atoms with E-state index in [1.54, 1.807) is 18.7 Å². The van der Waals surface area contributed by atoms with Gasteiger partial charge in [0.05, 0.1) is 31.8 Å². The number of nitrogens with zero attached hydrogens (tertiary/aromatic N) is 3. The van der Waals surface area contributed by atoms with Gasteiger partial charge in [0.15, 0.2) is 0 Å². The molecule has 4 aliphatic carbocycles. The van der Waals surface area contributed by atoms with Crippen LogP contribution in [0.25, 0.3) is 0 Å². The van der Waals surface area contributed by atoms with E-state index in [-0.39, 0.29) is 113 Å². The third-order valence-electron chi connectivity index (χ3n) is 18.0. The number of fused-ring (bicyclic) bond motifs is 8. The van der Waals surface area contributed by atoms with Crippen LogP contribution >= 0.6 is 23.2 Å². The smallest absolute Gasteiger partial charge is 0.411 e. The van der Waals surface area contributed by atoms with Crippen LogP contribution in [0.5, 0.6) is 0 Å². The van der Waals surface area contributed by atoms with Gasteiger partial charge < -0.3 is 51.8 Å². The Bertz CT molecular complexity index is 3000. The van der Waals surface area contributed by atoms with E-state index in [0.29, 0.717) is 68.3 Å². The molecule has 3 N–H and O–H groups in total. The summed E-state index contributed by atoms with van der Waals surface area (Å²) in [7, 11) is 0. The number of allylic oxidation sites excluding steroid dienone is 1. The Balaban J connectivity index is 0.000000305. The van der Waals surface area contributed by atoms with E-state index in [0.717, 1.165) is 43.2 Å². The standard InChI is InChI=1S/C17H21NO4.C17H21NO2.C15H19NO2.C9H15NO2.C8H11N.C4H6O3.C4H8.CH2Cl2.CH3.Pd/c1-2-21-16(19)15-13-8-9-14(10-13)18(15)17(20)22-11-12-6-4-3-5-7-12;1-3-20-17(19)16-14-9-10-15(11-14)18(16)12(2)13-7-5-4-6-8-13;1-11-13-7-8-14(9-13)16(11)15(17)18-10-12-5-3-2-4-6-12;1-2-12-9(11)8-6-3-4-7(5-6)10-8;1-7(9)8-5-3-2-4-6-8;1-2-7-4(6)3-5;1-4(2)3;2-1-3;;/h3-7,13-15H,2,8-11H2,1H3;4-10,12,14-16H,3,11H2,1-2H3;2-6,11,13-14H,7-10H2,1H3;6-8,10H,2-5H2,1H3;2-7H,9H2,1H3;3H,2H2,1H3;1H2,2-3H3;1H2;1H3;/q;;;;;;;;-1;/t13-,14+,15+;12-,14-,15+,16-;11-,13+,14-;6-,7+,8-;7-;;;;;/m00101...../s1. The first-order chi connectivity index (χ1) is 45.7. The molecule has 0 unspecified atom stereocenters. The average molecular weight is 1480 g/mol. The van der Waals surface area contributed by atoms with Gasteiger partial charge in [0, 0.05) is 68.6 Å². The molecular weight excluding hydrogens is 1370 g/mol. The van der Waals surface area contributed by atoms with Crippen molar-refractivity contribution in [2.75, 3.05) is 31.8 Å². The van der Waals surface area contributed by atoms with Gasteiger partial charge >= 0.3 is 36.1 Å². The van der Waals surface area contributed by atoms with Gasteiger partial charge in [-0.05, 0) is 167 Å². The molecule has 4 aromatic carbocycles. The van der Waals surface area contributed by atoms with Crippen molar-refractivity contribution in [3.05, 3.63) is 175 Å². The minimum absolute atomic E-state index is 0. The summed E-state index contributed by atoms with van der Waals surface area (Å²) in [6.07, 6.45) is 15.1. The van der Waals surface area contributed by atoms with Crippen molar-refractivity contribution < 1.29 is 82.4 Å². The molecule has 21 heteroatoms. The summed E-state index contributed by atoms with van der Waals surface area (Å²) in [6, 6.07) is 41.5. The second kappa shape index (κ2) is 45.3. The van der Waals surface area contributed by atoms with Crippen molar-refractivity contribution in [3.8, 4) is 0 Å². The number of esters is 4. The first kappa shape index (κ1) is 84.8. The maximum Gasteiger partial charge on any atom is 0.411 e. The molecule has 8 aliphatic rings. The number of amides is 2. The molecule has 18 nitrogen and oxygen atoms in total. The molecule has 4 heterocycles. The number of hydrogen-bond acceptors (Lipinski definition) is 16. The number of rotatable bonds is 15. The maximum atomic E-state index is 12.4.